The van der Waals surface area contributed by atoms with Gasteiger partial charge in [-0.25, -0.2) is 14.4 Å². The first-order valence-corrected chi connectivity index (χ1v) is 11.3. The smallest absolute Gasteiger partial charge is 0.148 e. The van der Waals surface area contributed by atoms with Crippen LogP contribution in [0.2, 0.25) is 0 Å². The molecule has 5 rings (SSSR count). The molecule has 4 aromatic rings. The quantitative estimate of drug-likeness (QED) is 0.431. The summed E-state index contributed by atoms with van der Waals surface area (Å²) in [6.07, 6.45) is 5.46. The van der Waals surface area contributed by atoms with Crippen LogP contribution < -0.4 is 10.6 Å². The summed E-state index contributed by atoms with van der Waals surface area (Å²) in [4.78, 5) is 11.2. The normalized spacial score (nSPS) is 20.5. The third kappa shape index (κ3) is 3.27. The summed E-state index contributed by atoms with van der Waals surface area (Å²) in [5.41, 5.74) is 3.88. The summed E-state index contributed by atoms with van der Waals surface area (Å²) in [6.45, 7) is 3.36. The molecule has 144 valence electrons. The number of thiophene rings is 1. The van der Waals surface area contributed by atoms with Crippen LogP contribution >= 0.6 is 22.7 Å². The molecule has 0 spiro atoms. The van der Waals surface area contributed by atoms with Crippen LogP contribution in [0.4, 0.5) is 15.8 Å². The number of halogens is 1. The molecule has 4 nitrogen and oxygen atoms in total. The number of anilines is 2. The number of rotatable bonds is 3. The number of thiazole rings is 1. The van der Waals surface area contributed by atoms with Gasteiger partial charge in [0.1, 0.15) is 10.6 Å². The van der Waals surface area contributed by atoms with E-state index in [2.05, 4.69) is 33.6 Å². The average Bonchev–Trinajstić information content (AvgIpc) is 3.26. The molecule has 0 bridgehead atoms. The van der Waals surface area contributed by atoms with Crippen molar-refractivity contribution in [2.75, 3.05) is 11.9 Å². The molecule has 7 heteroatoms. The number of nitrogens with one attached hydrogen (secondary N) is 2. The van der Waals surface area contributed by atoms with Crippen molar-refractivity contribution < 1.29 is 4.39 Å². The van der Waals surface area contributed by atoms with Crippen LogP contribution in [0.15, 0.2) is 36.0 Å². The molecule has 0 radical (unpaired) electrons. The summed E-state index contributed by atoms with van der Waals surface area (Å²) >= 11 is 3.20. The number of fused-ring (bicyclic) bond motifs is 2. The third-order valence-corrected chi connectivity index (χ3v) is 7.49. The lowest BCUT2D eigenvalue weighted by Gasteiger charge is -2.20. The number of nitrogens with zero attached hydrogens (tertiary/aromatic N) is 2. The molecular weight excluding hydrogens is 391 g/mol. The average molecular weight is 413 g/mol. The summed E-state index contributed by atoms with van der Waals surface area (Å²) in [5.74, 6) is 0.233. The van der Waals surface area contributed by atoms with Crippen molar-refractivity contribution in [3.05, 3.63) is 46.7 Å². The van der Waals surface area contributed by atoms with Crippen molar-refractivity contribution in [3.8, 4) is 0 Å². The molecule has 1 aliphatic rings. The second-order valence-electron chi connectivity index (χ2n) is 7.35. The second kappa shape index (κ2) is 7.39. The van der Waals surface area contributed by atoms with Crippen molar-refractivity contribution in [1.82, 2.24) is 15.3 Å². The Morgan fingerprint density at radius 3 is 3.04 bits per heavy atom. The number of hydrogen-bond acceptors (Lipinski definition) is 6. The highest BCUT2D eigenvalue weighted by Gasteiger charge is 2.24. The van der Waals surface area contributed by atoms with E-state index in [1.165, 1.54) is 35.5 Å². The Hall–Kier alpha value is -2.09. The molecule has 0 amide bonds. The van der Waals surface area contributed by atoms with Crippen LogP contribution in [0.25, 0.3) is 20.4 Å². The molecule has 0 unspecified atom stereocenters. The standard InChI is InChI=1S/C21H21FN4S2/c1-12-13(4-2-3-6-23-12)19-8-14-16(5-7-24-21(14)28-19)26-17-10-18-20(9-15(17)22)27-11-25-18/h5,7-13,23H,2-4,6H2,1H3,(H,24,26)/t12-,13-/m0/s1. The van der Waals surface area contributed by atoms with Gasteiger partial charge >= 0.3 is 0 Å². The van der Waals surface area contributed by atoms with E-state index in [-0.39, 0.29) is 5.82 Å². The fraction of sp³-hybridized carbons (Fsp3) is 0.333. The largest absolute Gasteiger partial charge is 0.352 e. The lowest BCUT2D eigenvalue weighted by molar-refractivity contribution is 0.488. The third-order valence-electron chi connectivity index (χ3n) is 5.52. The maximum absolute atomic E-state index is 14.6. The molecule has 3 aromatic heterocycles. The van der Waals surface area contributed by atoms with Gasteiger partial charge in [-0.3, -0.25) is 0 Å². The molecule has 0 saturated carbocycles. The van der Waals surface area contributed by atoms with Crippen molar-refractivity contribution in [3.63, 3.8) is 0 Å². The first-order chi connectivity index (χ1) is 13.7. The van der Waals surface area contributed by atoms with Gasteiger partial charge in [-0.1, -0.05) is 6.42 Å². The van der Waals surface area contributed by atoms with Crippen LogP contribution in [-0.2, 0) is 0 Å². The van der Waals surface area contributed by atoms with E-state index < -0.39 is 0 Å². The first-order valence-electron chi connectivity index (χ1n) is 9.60. The number of benzene rings is 1. The lowest BCUT2D eigenvalue weighted by Crippen LogP contribution is -2.30. The maximum atomic E-state index is 14.6. The molecule has 1 aromatic carbocycles. The molecule has 2 N–H and O–H groups in total. The summed E-state index contributed by atoms with van der Waals surface area (Å²) in [5, 5.41) is 7.96. The van der Waals surface area contributed by atoms with E-state index in [0.717, 1.165) is 32.7 Å². The number of pyridine rings is 1. The molecule has 1 fully saturated rings. The first kappa shape index (κ1) is 18.0. The van der Waals surface area contributed by atoms with E-state index in [0.29, 0.717) is 17.6 Å². The second-order valence-corrected chi connectivity index (χ2v) is 9.30. The van der Waals surface area contributed by atoms with E-state index in [1.54, 1.807) is 35.2 Å². The van der Waals surface area contributed by atoms with Gasteiger partial charge in [0.25, 0.3) is 0 Å². The highest BCUT2D eigenvalue weighted by molar-refractivity contribution is 7.18. The van der Waals surface area contributed by atoms with Gasteiger partial charge < -0.3 is 10.6 Å². The van der Waals surface area contributed by atoms with Gasteiger partial charge in [0.05, 0.1) is 27.1 Å². The molecule has 2 atom stereocenters. The summed E-state index contributed by atoms with van der Waals surface area (Å²) < 4.78 is 15.4. The Balaban J connectivity index is 1.52. The van der Waals surface area contributed by atoms with Crippen LogP contribution in [0.1, 0.15) is 37.0 Å². The molecule has 1 aliphatic heterocycles. The molecule has 1 saturated heterocycles. The van der Waals surface area contributed by atoms with Crippen LogP contribution in [0.5, 0.6) is 0 Å². The Morgan fingerprint density at radius 1 is 1.18 bits per heavy atom. The minimum atomic E-state index is -0.265. The van der Waals surface area contributed by atoms with E-state index in [9.17, 15) is 4.39 Å². The highest BCUT2D eigenvalue weighted by Crippen LogP contribution is 2.39. The Kier molecular flexibility index (Phi) is 4.74. The predicted octanol–water partition coefficient (Wildman–Crippen LogP) is 6.03. The molecule has 28 heavy (non-hydrogen) atoms. The predicted molar refractivity (Wildman–Crippen MR) is 117 cm³/mol. The van der Waals surface area contributed by atoms with E-state index >= 15 is 0 Å². The van der Waals surface area contributed by atoms with Crippen LogP contribution in [-0.4, -0.2) is 22.6 Å². The minimum Gasteiger partial charge on any atom is -0.352 e. The molecule has 0 aliphatic carbocycles. The van der Waals surface area contributed by atoms with Gasteiger partial charge in [0, 0.05) is 28.4 Å². The zero-order chi connectivity index (χ0) is 19.1. The van der Waals surface area contributed by atoms with Gasteiger partial charge in [-0.2, -0.15) is 0 Å². The fourth-order valence-electron chi connectivity index (χ4n) is 3.97. The zero-order valence-electron chi connectivity index (χ0n) is 15.5. The monoisotopic (exact) mass is 412 g/mol. The van der Waals surface area contributed by atoms with Crippen molar-refractivity contribution >= 4 is 54.5 Å². The zero-order valence-corrected chi connectivity index (χ0v) is 17.2. The SMILES string of the molecule is C[C@@H]1NCCCC[C@@H]1c1cc2c(Nc3cc4ncsc4cc3F)ccnc2s1. The van der Waals surface area contributed by atoms with Crippen molar-refractivity contribution in [1.29, 1.82) is 0 Å². The molecule has 4 heterocycles. The van der Waals surface area contributed by atoms with Crippen LogP contribution in [0.3, 0.4) is 0 Å². The van der Waals surface area contributed by atoms with Gasteiger partial charge in [-0.05, 0) is 50.6 Å². The van der Waals surface area contributed by atoms with Crippen molar-refractivity contribution in [2.24, 2.45) is 0 Å². The van der Waals surface area contributed by atoms with Gasteiger partial charge in [-0.15, -0.1) is 22.7 Å². The highest BCUT2D eigenvalue weighted by atomic mass is 32.1. The van der Waals surface area contributed by atoms with Crippen molar-refractivity contribution in [2.45, 2.75) is 38.1 Å². The van der Waals surface area contributed by atoms with E-state index in [4.69, 9.17) is 0 Å². The lowest BCUT2D eigenvalue weighted by atomic mass is 9.94. The summed E-state index contributed by atoms with van der Waals surface area (Å²) in [6, 6.07) is 7.93. The topological polar surface area (TPSA) is 49.8 Å². The number of aromatic nitrogens is 2. The van der Waals surface area contributed by atoms with Crippen LogP contribution in [0, 0.1) is 5.82 Å². The minimum absolute atomic E-state index is 0.265. The fourth-order valence-corrected chi connectivity index (χ4v) is 5.92. The summed E-state index contributed by atoms with van der Waals surface area (Å²) in [7, 11) is 0. The Bertz CT molecular complexity index is 1140. The van der Waals surface area contributed by atoms with Gasteiger partial charge in [0.15, 0.2) is 0 Å². The molecular formula is C21H21FN4S2. The Labute approximate surface area is 170 Å². The van der Waals surface area contributed by atoms with E-state index in [1.807, 2.05) is 6.07 Å². The maximum Gasteiger partial charge on any atom is 0.148 e. The Morgan fingerprint density at radius 2 is 2.11 bits per heavy atom. The van der Waals surface area contributed by atoms with Gasteiger partial charge in [0.2, 0.25) is 0 Å². The number of hydrogen-bond donors (Lipinski definition) is 2.